The molecule has 0 fully saturated rings. The lowest BCUT2D eigenvalue weighted by atomic mass is 9.85. The van der Waals surface area contributed by atoms with Gasteiger partial charge in [-0.3, -0.25) is 18.9 Å². The number of fused-ring (bicyclic) bond motifs is 2. The standard InChI is InChI=1S/C30H43N3O11S/c1-16-12-20-25(32-10-11-45(39,40)41)22(34)15-21(27(20)36)33-29(37)17(2)8-7-9-23(42-5)28(44-30(31)38)19(4)14-18(3)26(35)24(13-16)43-6/h7-9,14-16,18,23-24,26,28,32,35H,10-13H2,1-6H3,(H2,31,38)(H,33,37)(H,39,40,41)/b9-7-,17-8+,19-14+/t16-,18+,23+,24+,26-,28+/m1/s1. The Morgan fingerprint density at radius 3 is 2.40 bits per heavy atom. The third-order valence-corrected chi connectivity index (χ3v) is 8.18. The third kappa shape index (κ3) is 11.0. The zero-order chi connectivity index (χ0) is 34.1. The fraction of sp³-hybridized carbons (Fsp3) is 0.533. The molecule has 0 spiro atoms. The van der Waals surface area contributed by atoms with Gasteiger partial charge in [0.25, 0.3) is 16.0 Å². The molecule has 0 aromatic rings. The van der Waals surface area contributed by atoms with Crippen molar-refractivity contribution in [3.05, 3.63) is 58.5 Å². The van der Waals surface area contributed by atoms with Crippen LogP contribution in [0.3, 0.4) is 0 Å². The van der Waals surface area contributed by atoms with Gasteiger partial charge >= 0.3 is 6.09 Å². The van der Waals surface area contributed by atoms with Crippen molar-refractivity contribution in [3.8, 4) is 0 Å². The molecule has 6 N–H and O–H groups in total. The molecule has 0 unspecified atom stereocenters. The molecule has 1 aliphatic heterocycles. The smallest absolute Gasteiger partial charge is 0.405 e. The molecule has 2 amide bonds. The summed E-state index contributed by atoms with van der Waals surface area (Å²) in [5, 5.41) is 16.3. The number of Topliss-reactive ketones (excluding diaryl/α,β-unsaturated/α-hetero) is 1. The van der Waals surface area contributed by atoms with E-state index >= 15 is 0 Å². The highest BCUT2D eigenvalue weighted by molar-refractivity contribution is 7.85. The number of rotatable bonds is 7. The zero-order valence-corrected chi connectivity index (χ0v) is 27.1. The average molecular weight is 654 g/mol. The number of amides is 2. The molecule has 0 saturated heterocycles. The zero-order valence-electron chi connectivity index (χ0n) is 26.2. The van der Waals surface area contributed by atoms with Crippen molar-refractivity contribution in [2.45, 2.75) is 65.0 Å². The summed E-state index contributed by atoms with van der Waals surface area (Å²) in [5.41, 5.74) is 5.60. The van der Waals surface area contributed by atoms with Crippen LogP contribution < -0.4 is 16.4 Å². The SMILES string of the molecule is CO[C@H]1/C=C\C=C(/C)C(=O)NC2=CC(=O)C(NCCS(=O)(=O)O)=C(C[C@@H](C)C[C@H](OC)[C@H](O)[C@@H](C)/C=C(\C)[C@@H]1OC(N)=O)C2=O. The predicted molar refractivity (Wildman–Crippen MR) is 164 cm³/mol. The van der Waals surface area contributed by atoms with Gasteiger partial charge in [-0.15, -0.1) is 0 Å². The Labute approximate surface area is 263 Å². The van der Waals surface area contributed by atoms with Crippen LogP contribution in [0.15, 0.2) is 58.5 Å². The maximum absolute atomic E-state index is 13.6. The van der Waals surface area contributed by atoms with E-state index in [1.807, 2.05) is 0 Å². The minimum Gasteiger partial charge on any atom is -0.439 e. The van der Waals surface area contributed by atoms with Gasteiger partial charge in [0.1, 0.15) is 6.10 Å². The number of aliphatic hydroxyl groups is 1. The summed E-state index contributed by atoms with van der Waals surface area (Å²) in [6.07, 6.45) is 2.74. The molecule has 45 heavy (non-hydrogen) atoms. The highest BCUT2D eigenvalue weighted by atomic mass is 32.2. The number of nitrogens with one attached hydrogen (secondary N) is 2. The number of ether oxygens (including phenoxy) is 3. The summed E-state index contributed by atoms with van der Waals surface area (Å²) < 4.78 is 48.1. The largest absolute Gasteiger partial charge is 0.439 e. The Morgan fingerprint density at radius 2 is 1.82 bits per heavy atom. The normalized spacial score (nSPS) is 30.8. The van der Waals surface area contributed by atoms with Gasteiger partial charge in [0.15, 0.2) is 6.10 Å². The highest BCUT2D eigenvalue weighted by Crippen LogP contribution is 2.28. The van der Waals surface area contributed by atoms with E-state index in [1.54, 1.807) is 26.8 Å². The minimum atomic E-state index is -4.35. The van der Waals surface area contributed by atoms with Gasteiger partial charge in [-0.2, -0.15) is 8.42 Å². The fourth-order valence-corrected chi connectivity index (χ4v) is 5.44. The first-order valence-electron chi connectivity index (χ1n) is 14.3. The lowest BCUT2D eigenvalue weighted by Crippen LogP contribution is -2.38. The molecule has 1 heterocycles. The molecule has 0 radical (unpaired) electrons. The van der Waals surface area contributed by atoms with E-state index in [1.165, 1.54) is 39.4 Å². The molecule has 0 aromatic heterocycles. The Bertz CT molecular complexity index is 1410. The van der Waals surface area contributed by atoms with Crippen LogP contribution in [0.2, 0.25) is 0 Å². The summed E-state index contributed by atoms with van der Waals surface area (Å²) in [7, 11) is -1.53. The van der Waals surface area contributed by atoms with Crippen LogP contribution in [0, 0.1) is 11.8 Å². The third-order valence-electron chi connectivity index (χ3n) is 7.46. The number of carbonyl (C=O) groups excluding carboxylic acids is 4. The Balaban J connectivity index is 2.62. The Kier molecular flexibility index (Phi) is 13.9. The maximum atomic E-state index is 13.6. The van der Waals surface area contributed by atoms with Crippen molar-refractivity contribution in [3.63, 3.8) is 0 Å². The molecule has 2 bridgehead atoms. The van der Waals surface area contributed by atoms with Crippen molar-refractivity contribution in [1.29, 1.82) is 0 Å². The summed E-state index contributed by atoms with van der Waals surface area (Å²) >= 11 is 0. The number of nitrogens with two attached hydrogens (primary N) is 1. The van der Waals surface area contributed by atoms with E-state index in [2.05, 4.69) is 10.6 Å². The molecule has 0 aromatic carbocycles. The van der Waals surface area contributed by atoms with Gasteiger partial charge in [0.05, 0.1) is 29.4 Å². The molecule has 14 nitrogen and oxygen atoms in total. The van der Waals surface area contributed by atoms with Crippen molar-refractivity contribution < 1.29 is 51.5 Å². The molecule has 0 saturated carbocycles. The monoisotopic (exact) mass is 653 g/mol. The van der Waals surface area contributed by atoms with Crippen LogP contribution >= 0.6 is 0 Å². The van der Waals surface area contributed by atoms with E-state index in [0.29, 0.717) is 5.57 Å². The first-order valence-corrected chi connectivity index (χ1v) is 15.9. The van der Waals surface area contributed by atoms with Gasteiger partial charge in [-0.1, -0.05) is 38.2 Å². The quantitative estimate of drug-likeness (QED) is 0.149. The van der Waals surface area contributed by atoms with Crippen LogP contribution in [0.1, 0.15) is 40.5 Å². The highest BCUT2D eigenvalue weighted by Gasteiger charge is 2.33. The number of allylic oxidation sites excluding steroid dienone is 4. The van der Waals surface area contributed by atoms with Crippen molar-refractivity contribution >= 4 is 33.7 Å². The molecule has 250 valence electrons. The minimum absolute atomic E-state index is 0.00240. The number of primary amides is 1. The van der Waals surface area contributed by atoms with E-state index in [0.717, 1.165) is 6.08 Å². The van der Waals surface area contributed by atoms with Crippen LogP contribution in [0.25, 0.3) is 0 Å². The lowest BCUT2D eigenvalue weighted by molar-refractivity contribution is -0.120. The predicted octanol–water partition coefficient (Wildman–Crippen LogP) is 1.24. The van der Waals surface area contributed by atoms with Gasteiger partial charge in [0, 0.05) is 43.9 Å². The molecule has 6 atom stereocenters. The van der Waals surface area contributed by atoms with Crippen molar-refractivity contribution in [2.24, 2.45) is 17.6 Å². The first kappa shape index (κ1) is 37.6. The second-order valence-electron chi connectivity index (χ2n) is 11.1. The van der Waals surface area contributed by atoms with E-state index in [9.17, 15) is 32.7 Å². The molecular weight excluding hydrogens is 610 g/mol. The topological polar surface area (TPSA) is 221 Å². The van der Waals surface area contributed by atoms with E-state index in [4.69, 9.17) is 24.5 Å². The van der Waals surface area contributed by atoms with Crippen LogP contribution in [-0.4, -0.2) is 92.6 Å². The summed E-state index contributed by atoms with van der Waals surface area (Å²) in [4.78, 5) is 51.4. The number of hydrogen-bond donors (Lipinski definition) is 5. The molecule has 1 aliphatic carbocycles. The van der Waals surface area contributed by atoms with Gasteiger partial charge < -0.3 is 35.7 Å². The lowest BCUT2D eigenvalue weighted by Gasteiger charge is -2.30. The Morgan fingerprint density at radius 1 is 1.16 bits per heavy atom. The second-order valence-corrected chi connectivity index (χ2v) is 12.7. The number of carbonyl (C=O) groups is 4. The maximum Gasteiger partial charge on any atom is 0.405 e. The summed E-state index contributed by atoms with van der Waals surface area (Å²) in [6.45, 7) is 6.36. The van der Waals surface area contributed by atoms with Crippen molar-refractivity contribution in [1.82, 2.24) is 10.6 Å². The number of hydrogen-bond acceptors (Lipinski definition) is 11. The van der Waals surface area contributed by atoms with Crippen LogP contribution in [0.5, 0.6) is 0 Å². The second kappa shape index (κ2) is 16.6. The molecule has 2 aliphatic rings. The summed E-state index contributed by atoms with van der Waals surface area (Å²) in [6, 6.07) is 0. The fourth-order valence-electron chi connectivity index (χ4n) is 5.08. The van der Waals surface area contributed by atoms with Gasteiger partial charge in [-0.25, -0.2) is 4.79 Å². The molecule has 2 rings (SSSR count). The van der Waals surface area contributed by atoms with Gasteiger partial charge in [0.2, 0.25) is 11.6 Å². The number of methoxy groups -OCH3 is 2. The number of aliphatic hydroxyl groups excluding tert-OH is 1. The Hall–Kier alpha value is -3.63. The van der Waals surface area contributed by atoms with Crippen LogP contribution in [-0.2, 0) is 38.7 Å². The van der Waals surface area contributed by atoms with Crippen LogP contribution in [0.4, 0.5) is 4.79 Å². The molecular formula is C30H43N3O11S. The first-order chi connectivity index (χ1) is 21.0. The van der Waals surface area contributed by atoms with E-state index < -0.39 is 69.8 Å². The molecule has 15 heteroatoms. The van der Waals surface area contributed by atoms with Crippen molar-refractivity contribution in [2.75, 3.05) is 26.5 Å². The number of ketones is 2. The van der Waals surface area contributed by atoms with E-state index in [-0.39, 0.29) is 47.8 Å². The summed E-state index contributed by atoms with van der Waals surface area (Å²) in [5.74, 6) is -3.58. The van der Waals surface area contributed by atoms with Gasteiger partial charge in [-0.05, 0) is 38.2 Å². The average Bonchev–Trinajstić information content (AvgIpc) is 2.95.